The third-order valence-corrected chi connectivity index (χ3v) is 5.11. The number of amides is 1. The van der Waals surface area contributed by atoms with E-state index in [1.807, 2.05) is 11.0 Å². The van der Waals surface area contributed by atoms with Crippen molar-refractivity contribution >= 4 is 11.9 Å². The lowest BCUT2D eigenvalue weighted by Gasteiger charge is -2.35. The Labute approximate surface area is 135 Å². The number of carboxylic acid groups (broad SMARTS) is 1. The van der Waals surface area contributed by atoms with E-state index < -0.39 is 11.4 Å². The maximum absolute atomic E-state index is 13.5. The van der Waals surface area contributed by atoms with E-state index in [1.54, 1.807) is 6.07 Å². The Morgan fingerprint density at radius 1 is 1.35 bits per heavy atom. The summed E-state index contributed by atoms with van der Waals surface area (Å²) in [5, 5.41) is 8.82. The van der Waals surface area contributed by atoms with Crippen molar-refractivity contribution in [1.82, 2.24) is 4.90 Å². The SMILES string of the molecule is O=C(O)CCC1CCCN(C(=O)C2(c3cccc(F)c3)CC2)C1. The summed E-state index contributed by atoms with van der Waals surface area (Å²) in [5.41, 5.74) is 0.228. The number of carbonyl (C=O) groups excluding carboxylic acids is 1. The third kappa shape index (κ3) is 3.38. The Kier molecular flexibility index (Phi) is 4.37. The Bertz CT molecular complexity index is 612. The van der Waals surface area contributed by atoms with Crippen molar-refractivity contribution in [3.8, 4) is 0 Å². The zero-order chi connectivity index (χ0) is 16.4. The van der Waals surface area contributed by atoms with Gasteiger partial charge in [-0.05, 0) is 55.7 Å². The molecule has 1 heterocycles. The highest BCUT2D eigenvalue weighted by Gasteiger charge is 2.53. The average molecular weight is 319 g/mol. The van der Waals surface area contributed by atoms with Crippen LogP contribution in [0.5, 0.6) is 0 Å². The van der Waals surface area contributed by atoms with Gasteiger partial charge in [-0.15, -0.1) is 0 Å². The summed E-state index contributed by atoms with van der Waals surface area (Å²) in [6, 6.07) is 6.35. The molecule has 5 heteroatoms. The molecule has 4 nitrogen and oxygen atoms in total. The molecular formula is C18H22FNO3. The van der Waals surface area contributed by atoms with Crippen LogP contribution in [0.15, 0.2) is 24.3 Å². The van der Waals surface area contributed by atoms with E-state index in [9.17, 15) is 14.0 Å². The second-order valence-electron chi connectivity index (χ2n) is 6.78. The largest absolute Gasteiger partial charge is 0.481 e. The normalized spacial score (nSPS) is 22.7. The van der Waals surface area contributed by atoms with E-state index in [0.29, 0.717) is 13.0 Å². The summed E-state index contributed by atoms with van der Waals surface area (Å²) < 4.78 is 13.5. The topological polar surface area (TPSA) is 57.6 Å². The molecule has 0 aromatic heterocycles. The molecule has 0 bridgehead atoms. The molecule has 1 atom stereocenters. The van der Waals surface area contributed by atoms with Crippen molar-refractivity contribution in [2.24, 2.45) is 5.92 Å². The highest BCUT2D eigenvalue weighted by Crippen LogP contribution is 2.50. The zero-order valence-electron chi connectivity index (χ0n) is 13.1. The monoisotopic (exact) mass is 319 g/mol. The van der Waals surface area contributed by atoms with Crippen LogP contribution in [0.3, 0.4) is 0 Å². The first-order chi connectivity index (χ1) is 11.0. The van der Waals surface area contributed by atoms with Crippen molar-refractivity contribution in [2.45, 2.75) is 43.9 Å². The number of carboxylic acids is 1. The third-order valence-electron chi connectivity index (χ3n) is 5.11. The van der Waals surface area contributed by atoms with E-state index >= 15 is 0 Å². The van der Waals surface area contributed by atoms with Crippen molar-refractivity contribution in [3.63, 3.8) is 0 Å². The average Bonchev–Trinajstić information content (AvgIpc) is 3.34. The van der Waals surface area contributed by atoms with E-state index in [4.69, 9.17) is 5.11 Å². The summed E-state index contributed by atoms with van der Waals surface area (Å²) in [5.74, 6) is -0.748. The molecular weight excluding hydrogens is 297 g/mol. The number of hydrogen-bond acceptors (Lipinski definition) is 2. The quantitative estimate of drug-likeness (QED) is 0.908. The fraction of sp³-hybridized carbons (Fsp3) is 0.556. The van der Waals surface area contributed by atoms with Gasteiger partial charge in [0.15, 0.2) is 0 Å². The van der Waals surface area contributed by atoms with Gasteiger partial charge in [0.2, 0.25) is 5.91 Å². The van der Waals surface area contributed by atoms with E-state index in [0.717, 1.165) is 37.8 Å². The molecule has 0 spiro atoms. The number of piperidine rings is 1. The molecule has 1 aliphatic heterocycles. The van der Waals surface area contributed by atoms with Crippen LogP contribution in [0, 0.1) is 11.7 Å². The molecule has 1 aromatic carbocycles. The molecule has 1 saturated carbocycles. The minimum Gasteiger partial charge on any atom is -0.481 e. The molecule has 1 unspecified atom stereocenters. The zero-order valence-corrected chi connectivity index (χ0v) is 13.1. The number of rotatable bonds is 5. The van der Waals surface area contributed by atoms with Gasteiger partial charge >= 0.3 is 5.97 Å². The fourth-order valence-electron chi connectivity index (χ4n) is 3.65. The first-order valence-corrected chi connectivity index (χ1v) is 8.28. The second kappa shape index (κ2) is 6.30. The van der Waals surface area contributed by atoms with Crippen LogP contribution < -0.4 is 0 Å². The number of hydrogen-bond donors (Lipinski definition) is 1. The molecule has 1 N–H and O–H groups in total. The van der Waals surface area contributed by atoms with Crippen molar-refractivity contribution in [2.75, 3.05) is 13.1 Å². The van der Waals surface area contributed by atoms with Gasteiger partial charge in [-0.25, -0.2) is 4.39 Å². The number of carbonyl (C=O) groups is 2. The van der Waals surface area contributed by atoms with Crippen LogP contribution in [0.2, 0.25) is 0 Å². The highest BCUT2D eigenvalue weighted by atomic mass is 19.1. The van der Waals surface area contributed by atoms with Crippen LogP contribution in [0.4, 0.5) is 4.39 Å². The fourth-order valence-corrected chi connectivity index (χ4v) is 3.65. The lowest BCUT2D eigenvalue weighted by atomic mass is 9.89. The lowest BCUT2D eigenvalue weighted by molar-refractivity contribution is -0.137. The predicted octanol–water partition coefficient (Wildman–Crippen LogP) is 2.96. The molecule has 0 radical (unpaired) electrons. The number of likely N-dealkylation sites (tertiary alicyclic amines) is 1. The summed E-state index contributed by atoms with van der Waals surface area (Å²) >= 11 is 0. The molecule has 1 saturated heterocycles. The minimum absolute atomic E-state index is 0.0862. The maximum atomic E-state index is 13.5. The molecule has 2 fully saturated rings. The van der Waals surface area contributed by atoms with Crippen LogP contribution in [-0.4, -0.2) is 35.0 Å². The number of nitrogens with zero attached hydrogens (tertiary/aromatic N) is 1. The predicted molar refractivity (Wildman–Crippen MR) is 83.5 cm³/mol. The molecule has 23 heavy (non-hydrogen) atoms. The Morgan fingerprint density at radius 2 is 2.13 bits per heavy atom. The Hall–Kier alpha value is -1.91. The molecule has 3 rings (SSSR count). The van der Waals surface area contributed by atoms with E-state index in [-0.39, 0.29) is 24.1 Å². The maximum Gasteiger partial charge on any atom is 0.303 e. The van der Waals surface area contributed by atoms with Gasteiger partial charge in [-0.1, -0.05) is 12.1 Å². The Balaban J connectivity index is 1.69. The number of halogens is 1. The van der Waals surface area contributed by atoms with E-state index in [2.05, 4.69) is 0 Å². The van der Waals surface area contributed by atoms with E-state index in [1.165, 1.54) is 12.1 Å². The second-order valence-corrected chi connectivity index (χ2v) is 6.78. The first kappa shape index (κ1) is 16.0. The van der Waals surface area contributed by atoms with Crippen LogP contribution in [-0.2, 0) is 15.0 Å². The summed E-state index contributed by atoms with van der Waals surface area (Å²) in [6.45, 7) is 1.35. The summed E-state index contributed by atoms with van der Waals surface area (Å²) in [6.07, 6.45) is 4.20. The van der Waals surface area contributed by atoms with Gasteiger partial charge in [0, 0.05) is 19.5 Å². The van der Waals surface area contributed by atoms with Gasteiger partial charge in [0.05, 0.1) is 5.41 Å². The van der Waals surface area contributed by atoms with Crippen LogP contribution in [0.1, 0.15) is 44.1 Å². The van der Waals surface area contributed by atoms with Crippen LogP contribution in [0.25, 0.3) is 0 Å². The van der Waals surface area contributed by atoms with Gasteiger partial charge in [-0.2, -0.15) is 0 Å². The van der Waals surface area contributed by atoms with Gasteiger partial charge in [0.25, 0.3) is 0 Å². The smallest absolute Gasteiger partial charge is 0.303 e. The number of benzene rings is 1. The summed E-state index contributed by atoms with van der Waals surface area (Å²) in [7, 11) is 0. The van der Waals surface area contributed by atoms with Gasteiger partial charge < -0.3 is 10.0 Å². The van der Waals surface area contributed by atoms with Crippen LogP contribution >= 0.6 is 0 Å². The van der Waals surface area contributed by atoms with Gasteiger partial charge in [-0.3, -0.25) is 9.59 Å². The van der Waals surface area contributed by atoms with Crippen molar-refractivity contribution < 1.29 is 19.1 Å². The first-order valence-electron chi connectivity index (χ1n) is 8.28. The minimum atomic E-state index is -0.785. The molecule has 1 aromatic rings. The van der Waals surface area contributed by atoms with Crippen molar-refractivity contribution in [3.05, 3.63) is 35.6 Å². The molecule has 2 aliphatic rings. The number of aliphatic carboxylic acids is 1. The van der Waals surface area contributed by atoms with Crippen molar-refractivity contribution in [1.29, 1.82) is 0 Å². The highest BCUT2D eigenvalue weighted by molar-refractivity contribution is 5.91. The van der Waals surface area contributed by atoms with Gasteiger partial charge in [0.1, 0.15) is 5.82 Å². The lowest BCUT2D eigenvalue weighted by Crippen LogP contribution is -2.45. The molecule has 124 valence electrons. The summed E-state index contributed by atoms with van der Waals surface area (Å²) in [4.78, 5) is 25.6. The molecule has 1 amide bonds. The molecule has 1 aliphatic carbocycles. The standard InChI is InChI=1S/C18H22FNO3/c19-15-5-1-4-14(11-15)18(8-9-18)17(23)20-10-2-3-13(12-20)6-7-16(21)22/h1,4-5,11,13H,2-3,6-10,12H2,(H,21,22). The Morgan fingerprint density at radius 3 is 2.78 bits per heavy atom.